The molecule has 0 bridgehead atoms. The Bertz CT molecular complexity index is 2870. The van der Waals surface area contributed by atoms with Crippen LogP contribution in [-0.2, 0) is 76.8 Å². The molecule has 3 aromatic rings. The number of rotatable bonds is 38. The number of phenols is 2. The Morgan fingerprint density at radius 1 is 0.443 bits per heavy atom. The summed E-state index contributed by atoms with van der Waals surface area (Å²) in [6.07, 6.45) is 1.20. The van der Waals surface area contributed by atoms with Gasteiger partial charge in [-0.15, -0.1) is 0 Å². The number of carboxylic acid groups (broad SMARTS) is 2. The molecule has 10 atom stereocenters. The van der Waals surface area contributed by atoms with Gasteiger partial charge in [-0.3, -0.25) is 52.7 Å². The van der Waals surface area contributed by atoms with E-state index in [-0.39, 0.29) is 61.7 Å². The lowest BCUT2D eigenvalue weighted by Gasteiger charge is -2.29. The van der Waals surface area contributed by atoms with Gasteiger partial charge in [-0.2, -0.15) is 23.5 Å². The van der Waals surface area contributed by atoms with Crippen LogP contribution in [0.25, 0.3) is 0 Å². The van der Waals surface area contributed by atoms with Crippen molar-refractivity contribution in [2.75, 3.05) is 24.0 Å². The third-order valence-corrected chi connectivity index (χ3v) is 14.8. The van der Waals surface area contributed by atoms with Crippen molar-refractivity contribution in [1.82, 2.24) is 47.9 Å². The van der Waals surface area contributed by atoms with E-state index in [1.54, 1.807) is 70.5 Å². The van der Waals surface area contributed by atoms with Crippen LogP contribution < -0.4 is 59.3 Å². The van der Waals surface area contributed by atoms with Crippen molar-refractivity contribution in [1.29, 1.82) is 0 Å². The van der Waals surface area contributed by atoms with Gasteiger partial charge in [0.05, 0.1) is 18.9 Å². The zero-order chi connectivity index (χ0) is 65.8. The Morgan fingerprint density at radius 2 is 0.841 bits per heavy atom. The molecule has 29 heteroatoms. The van der Waals surface area contributed by atoms with Gasteiger partial charge >= 0.3 is 11.9 Å². The SMILES string of the molecule is CSCC[C@H](NC(=O)[C@H](Cc1ccc(O)cc1)NC(=O)[C@@H](NC(=O)[C@H](CCSC)NC(=O)[C@H](Cc1ccc(O)cc1)NC(=O)[C@H](CC(N)=O)NC(=O)[C@H](CC(C)C)NC(=O)[C@H](CC(=O)O)NC(=O)[C@H](C)NC(=O)[C@@H](N)Cc1ccccc1)C(C)C)C(=O)O. The number of amides is 10. The first-order valence-corrected chi connectivity index (χ1v) is 31.1. The quantitative estimate of drug-likeness (QED) is 0.0343. The normalized spacial score (nSPS) is 14.5. The van der Waals surface area contributed by atoms with Gasteiger partial charge in [-0.05, 0) is 109 Å². The largest absolute Gasteiger partial charge is 0.508 e. The standard InChI is InChI=1S/C59H83N11O16S2/c1-31(2)25-42(66-57(83)46(30-48(74)75)65-50(76)33(5)62-51(77)39(60)26-34-11-9-8-10-12-34)53(79)68-45(29-47(61)73)56(82)67-43(27-35-13-17-37(71)18-14-35)54(80)63-40(21-23-87-6)52(78)70-49(32(3)4)58(84)69-44(28-36-15-19-38(72)20-16-36)55(81)64-41(59(85)86)22-24-88-7/h8-20,31-33,39-46,49,71-72H,21-30,60H2,1-7H3,(H2,61,73)(H,62,77)(H,63,80)(H,64,81)(H,65,76)(H,66,83)(H,67,82)(H,68,79)(H,69,84)(H,70,78)(H,74,75)(H,85,86)/t33-,39-,40-,41-,42-,43-,44-,45-,46-,49-/m0/s1. The molecule has 0 spiro atoms. The van der Waals surface area contributed by atoms with E-state index >= 15 is 0 Å². The monoisotopic (exact) mass is 1270 g/mol. The van der Waals surface area contributed by atoms with Crippen LogP contribution in [-0.4, -0.2) is 176 Å². The lowest BCUT2D eigenvalue weighted by molar-refractivity contribution is -0.142. The maximum atomic E-state index is 14.6. The van der Waals surface area contributed by atoms with Gasteiger partial charge in [0.25, 0.3) is 0 Å². The van der Waals surface area contributed by atoms with Crippen molar-refractivity contribution in [3.05, 3.63) is 95.6 Å². The van der Waals surface area contributed by atoms with Crippen molar-refractivity contribution < 1.29 is 78.0 Å². The molecule has 0 heterocycles. The molecule has 0 aliphatic rings. The van der Waals surface area contributed by atoms with E-state index in [4.69, 9.17) is 11.5 Å². The van der Waals surface area contributed by atoms with E-state index in [9.17, 15) is 78.0 Å². The fourth-order valence-electron chi connectivity index (χ4n) is 8.70. The maximum absolute atomic E-state index is 14.6. The van der Waals surface area contributed by atoms with Crippen molar-refractivity contribution in [3.63, 3.8) is 0 Å². The Labute approximate surface area is 518 Å². The summed E-state index contributed by atoms with van der Waals surface area (Å²) in [5, 5.41) is 62.0. The van der Waals surface area contributed by atoms with E-state index in [2.05, 4.69) is 47.9 Å². The smallest absolute Gasteiger partial charge is 0.326 e. The molecule has 17 N–H and O–H groups in total. The highest BCUT2D eigenvalue weighted by Crippen LogP contribution is 2.16. The highest BCUT2D eigenvalue weighted by Gasteiger charge is 2.37. The van der Waals surface area contributed by atoms with Gasteiger partial charge in [0, 0.05) is 12.8 Å². The molecule has 0 saturated heterocycles. The third kappa shape index (κ3) is 26.3. The Hall–Kier alpha value is -8.44. The van der Waals surface area contributed by atoms with Gasteiger partial charge in [0.1, 0.15) is 65.9 Å². The molecular formula is C59H83N11O16S2. The van der Waals surface area contributed by atoms with E-state index in [1.807, 2.05) is 0 Å². The zero-order valence-corrected chi connectivity index (χ0v) is 51.8. The van der Waals surface area contributed by atoms with E-state index < -0.39 is 150 Å². The molecule has 3 aromatic carbocycles. The minimum Gasteiger partial charge on any atom is -0.508 e. The predicted octanol–water partition coefficient (Wildman–Crippen LogP) is -0.521. The Morgan fingerprint density at radius 3 is 1.31 bits per heavy atom. The van der Waals surface area contributed by atoms with Gasteiger partial charge in [0.2, 0.25) is 59.1 Å². The predicted molar refractivity (Wildman–Crippen MR) is 329 cm³/mol. The van der Waals surface area contributed by atoms with Crippen molar-refractivity contribution in [2.24, 2.45) is 23.3 Å². The number of nitrogens with two attached hydrogens (primary N) is 2. The van der Waals surface area contributed by atoms with Crippen LogP contribution in [0.1, 0.15) is 83.4 Å². The molecule has 0 aliphatic carbocycles. The molecule has 0 saturated carbocycles. The number of carbonyl (C=O) groups is 12. The molecule has 10 amide bonds. The second kappa shape index (κ2) is 37.3. The summed E-state index contributed by atoms with van der Waals surface area (Å²) in [5.41, 5.74) is 13.2. The number of phenolic OH excluding ortho intramolecular Hbond substituents is 2. The molecule has 88 heavy (non-hydrogen) atoms. The van der Waals surface area contributed by atoms with Crippen LogP contribution in [0, 0.1) is 11.8 Å². The summed E-state index contributed by atoms with van der Waals surface area (Å²) in [4.78, 5) is 162. The molecule has 0 unspecified atom stereocenters. The van der Waals surface area contributed by atoms with Crippen LogP contribution in [0.3, 0.4) is 0 Å². The number of primary amides is 1. The summed E-state index contributed by atoms with van der Waals surface area (Å²) in [6, 6.07) is 5.39. The average Bonchev–Trinajstić information content (AvgIpc) is 2.56. The highest BCUT2D eigenvalue weighted by molar-refractivity contribution is 7.98. The number of aliphatic carboxylic acids is 2. The van der Waals surface area contributed by atoms with Crippen LogP contribution >= 0.6 is 23.5 Å². The van der Waals surface area contributed by atoms with Crippen LogP contribution in [0.4, 0.5) is 0 Å². The van der Waals surface area contributed by atoms with Gasteiger partial charge < -0.3 is 79.7 Å². The number of aromatic hydroxyl groups is 2. The van der Waals surface area contributed by atoms with Gasteiger partial charge in [-0.1, -0.05) is 82.3 Å². The average molecular weight is 1270 g/mol. The van der Waals surface area contributed by atoms with Crippen molar-refractivity contribution >= 4 is 94.5 Å². The van der Waals surface area contributed by atoms with Crippen LogP contribution in [0.15, 0.2) is 78.9 Å². The number of carboxylic acids is 2. The molecule has 27 nitrogen and oxygen atoms in total. The number of nitrogens with one attached hydrogen (secondary N) is 9. The number of carbonyl (C=O) groups excluding carboxylic acids is 10. The lowest BCUT2D eigenvalue weighted by Crippen LogP contribution is -2.61. The van der Waals surface area contributed by atoms with Crippen molar-refractivity contribution in [2.45, 2.75) is 146 Å². The fourth-order valence-corrected chi connectivity index (χ4v) is 9.65. The maximum Gasteiger partial charge on any atom is 0.326 e. The topological polar surface area (TPSA) is 446 Å². The Balaban J connectivity index is 1.91. The molecular weight excluding hydrogens is 1180 g/mol. The highest BCUT2D eigenvalue weighted by atomic mass is 32.2. The third-order valence-electron chi connectivity index (χ3n) is 13.5. The first kappa shape index (κ1) is 73.8. The summed E-state index contributed by atoms with van der Waals surface area (Å²) in [5.74, 6) is -13.1. The summed E-state index contributed by atoms with van der Waals surface area (Å²) in [7, 11) is 0. The lowest BCUT2D eigenvalue weighted by atomic mass is 9.99. The van der Waals surface area contributed by atoms with Crippen LogP contribution in [0.5, 0.6) is 11.5 Å². The molecule has 0 aliphatic heterocycles. The number of hydrogen-bond acceptors (Lipinski definition) is 17. The second-order valence-corrected chi connectivity index (χ2v) is 23.7. The summed E-state index contributed by atoms with van der Waals surface area (Å²) < 4.78 is 0. The summed E-state index contributed by atoms with van der Waals surface area (Å²) >= 11 is 2.68. The van der Waals surface area contributed by atoms with E-state index in [1.165, 1.54) is 79.0 Å². The number of hydrogen-bond donors (Lipinski definition) is 15. The van der Waals surface area contributed by atoms with Crippen LogP contribution in [0.2, 0.25) is 0 Å². The number of thioether (sulfide) groups is 2. The van der Waals surface area contributed by atoms with E-state index in [0.29, 0.717) is 16.9 Å². The van der Waals surface area contributed by atoms with Gasteiger partial charge in [-0.25, -0.2) is 4.79 Å². The number of benzene rings is 3. The molecule has 0 aromatic heterocycles. The van der Waals surface area contributed by atoms with E-state index in [0.717, 1.165) is 5.56 Å². The molecule has 3 rings (SSSR count). The van der Waals surface area contributed by atoms with Crippen molar-refractivity contribution in [3.8, 4) is 11.5 Å². The minimum absolute atomic E-state index is 0.0383. The first-order valence-electron chi connectivity index (χ1n) is 28.3. The van der Waals surface area contributed by atoms with Gasteiger partial charge in [0.15, 0.2) is 0 Å². The summed E-state index contributed by atoms with van der Waals surface area (Å²) in [6.45, 7) is 7.84. The first-order chi connectivity index (χ1) is 41.5. The Kier molecular flexibility index (Phi) is 31.3. The second-order valence-electron chi connectivity index (χ2n) is 21.7. The minimum atomic E-state index is -1.84. The molecule has 482 valence electrons. The molecule has 0 radical (unpaired) electrons. The fraction of sp³-hybridized carbons (Fsp3) is 0.492. The zero-order valence-electron chi connectivity index (χ0n) is 50.2. The molecule has 0 fully saturated rings.